The lowest BCUT2D eigenvalue weighted by molar-refractivity contribution is 0.227. The van der Waals surface area contributed by atoms with Crippen LogP contribution in [-0.4, -0.2) is 48.6 Å². The lowest BCUT2D eigenvalue weighted by Gasteiger charge is -2.40. The molecular weight excluding hydrogens is 204 g/mol. The minimum atomic E-state index is 0.492. The molecule has 0 aromatic rings. The molecule has 88 valence electrons. The van der Waals surface area contributed by atoms with Gasteiger partial charge in [-0.2, -0.15) is 11.8 Å². The van der Waals surface area contributed by atoms with Gasteiger partial charge in [-0.1, -0.05) is 13.8 Å². The Hall–Kier alpha value is 0.270. The summed E-state index contributed by atoms with van der Waals surface area (Å²) < 4.78 is 0. The molecule has 0 spiro atoms. The quantitative estimate of drug-likeness (QED) is 0.776. The first-order chi connectivity index (χ1) is 7.08. The molecular formula is C12H24N2S. The van der Waals surface area contributed by atoms with Crippen molar-refractivity contribution in [1.29, 1.82) is 0 Å². The van der Waals surface area contributed by atoms with Gasteiger partial charge in [0.1, 0.15) is 0 Å². The predicted molar refractivity (Wildman–Crippen MR) is 68.5 cm³/mol. The van der Waals surface area contributed by atoms with E-state index in [2.05, 4.69) is 42.9 Å². The number of hydrogen-bond donors (Lipinski definition) is 1. The molecule has 2 fully saturated rings. The fraction of sp³-hybridized carbons (Fsp3) is 1.00. The molecule has 0 aliphatic carbocycles. The molecule has 3 heteroatoms. The van der Waals surface area contributed by atoms with Crippen LogP contribution in [0.2, 0.25) is 0 Å². The Labute approximate surface area is 98.2 Å². The van der Waals surface area contributed by atoms with E-state index in [9.17, 15) is 0 Å². The molecule has 0 aromatic heterocycles. The van der Waals surface area contributed by atoms with Crippen LogP contribution < -0.4 is 5.32 Å². The first-order valence-electron chi connectivity index (χ1n) is 6.10. The Morgan fingerprint density at radius 2 is 2.20 bits per heavy atom. The normalized spacial score (nSPS) is 37.0. The molecule has 15 heavy (non-hydrogen) atoms. The van der Waals surface area contributed by atoms with Gasteiger partial charge < -0.3 is 10.2 Å². The molecule has 1 N–H and O–H groups in total. The minimum absolute atomic E-state index is 0.492. The van der Waals surface area contributed by atoms with E-state index in [1.54, 1.807) is 0 Å². The van der Waals surface area contributed by atoms with Gasteiger partial charge in [-0.3, -0.25) is 0 Å². The zero-order chi connectivity index (χ0) is 10.9. The van der Waals surface area contributed by atoms with E-state index in [0.717, 1.165) is 6.04 Å². The third kappa shape index (κ3) is 2.89. The monoisotopic (exact) mass is 228 g/mol. The van der Waals surface area contributed by atoms with Crippen LogP contribution >= 0.6 is 11.8 Å². The smallest absolute Gasteiger partial charge is 0.0212 e. The van der Waals surface area contributed by atoms with Gasteiger partial charge in [0.25, 0.3) is 0 Å². The summed E-state index contributed by atoms with van der Waals surface area (Å²) in [6, 6.07) is 1.45. The van der Waals surface area contributed by atoms with E-state index in [4.69, 9.17) is 0 Å². The summed E-state index contributed by atoms with van der Waals surface area (Å²) in [6.07, 6.45) is 2.69. The van der Waals surface area contributed by atoms with Crippen molar-refractivity contribution in [1.82, 2.24) is 10.2 Å². The molecule has 2 unspecified atom stereocenters. The molecule has 0 saturated carbocycles. The maximum atomic E-state index is 3.88. The molecule has 2 atom stereocenters. The van der Waals surface area contributed by atoms with Crippen molar-refractivity contribution in [3.63, 3.8) is 0 Å². The van der Waals surface area contributed by atoms with Gasteiger partial charge in [0.2, 0.25) is 0 Å². The number of hydrogen-bond acceptors (Lipinski definition) is 3. The van der Waals surface area contributed by atoms with Crippen molar-refractivity contribution in [2.45, 2.75) is 38.8 Å². The van der Waals surface area contributed by atoms with E-state index < -0.39 is 0 Å². The molecule has 0 radical (unpaired) electrons. The molecule has 0 aromatic carbocycles. The predicted octanol–water partition coefficient (Wildman–Crippen LogP) is 1.81. The number of likely N-dealkylation sites (tertiary alicyclic amines) is 1. The summed E-state index contributed by atoms with van der Waals surface area (Å²) in [5.74, 6) is 2.64. The van der Waals surface area contributed by atoms with Gasteiger partial charge in [-0.25, -0.2) is 0 Å². The largest absolute Gasteiger partial charge is 0.309 e. The summed E-state index contributed by atoms with van der Waals surface area (Å²) in [5.41, 5.74) is 0.492. The molecule has 2 aliphatic rings. The van der Waals surface area contributed by atoms with Crippen LogP contribution in [0.1, 0.15) is 26.7 Å². The number of nitrogens with zero attached hydrogens (tertiary/aromatic N) is 1. The number of nitrogens with one attached hydrogen (secondary N) is 1. The fourth-order valence-corrected chi connectivity index (χ4v) is 4.19. The van der Waals surface area contributed by atoms with Crippen molar-refractivity contribution in [2.24, 2.45) is 5.41 Å². The van der Waals surface area contributed by atoms with Crippen molar-refractivity contribution in [3.8, 4) is 0 Å². The van der Waals surface area contributed by atoms with Crippen LogP contribution in [0.5, 0.6) is 0 Å². The highest BCUT2D eigenvalue weighted by atomic mass is 32.2. The second-order valence-corrected chi connectivity index (χ2v) is 6.93. The van der Waals surface area contributed by atoms with Gasteiger partial charge in [0.15, 0.2) is 0 Å². The maximum Gasteiger partial charge on any atom is 0.0212 e. The van der Waals surface area contributed by atoms with Crippen LogP contribution in [0.4, 0.5) is 0 Å². The summed E-state index contributed by atoms with van der Waals surface area (Å²) in [7, 11) is 2.22. The standard InChI is InChI=1S/C12H24N2S/c1-12(2)5-7-15-9-11(12)13-10-4-6-14(3)8-10/h10-11,13H,4-9H2,1-3H3. The van der Waals surface area contributed by atoms with E-state index in [1.807, 2.05) is 0 Å². The van der Waals surface area contributed by atoms with Crippen molar-refractivity contribution >= 4 is 11.8 Å². The number of thioether (sulfide) groups is 1. The first-order valence-corrected chi connectivity index (χ1v) is 7.26. The summed E-state index contributed by atoms with van der Waals surface area (Å²) in [5, 5.41) is 3.88. The summed E-state index contributed by atoms with van der Waals surface area (Å²) in [6.45, 7) is 7.33. The Bertz CT molecular complexity index is 218. The first kappa shape index (κ1) is 11.7. The molecule has 0 amide bonds. The van der Waals surface area contributed by atoms with E-state index in [0.29, 0.717) is 11.5 Å². The van der Waals surface area contributed by atoms with Crippen LogP contribution in [-0.2, 0) is 0 Å². The van der Waals surface area contributed by atoms with Gasteiger partial charge in [0.05, 0.1) is 0 Å². The van der Waals surface area contributed by atoms with Crippen LogP contribution in [0.15, 0.2) is 0 Å². The SMILES string of the molecule is CN1CCC(NC2CSCCC2(C)C)C1. The average Bonchev–Trinajstić information content (AvgIpc) is 2.55. The second-order valence-electron chi connectivity index (χ2n) is 5.78. The van der Waals surface area contributed by atoms with E-state index in [-0.39, 0.29) is 0 Å². The van der Waals surface area contributed by atoms with E-state index in [1.165, 1.54) is 37.4 Å². The molecule has 2 heterocycles. The lowest BCUT2D eigenvalue weighted by atomic mass is 9.82. The zero-order valence-corrected chi connectivity index (χ0v) is 11.1. The maximum absolute atomic E-state index is 3.88. The van der Waals surface area contributed by atoms with Crippen LogP contribution in [0.3, 0.4) is 0 Å². The van der Waals surface area contributed by atoms with Gasteiger partial charge in [-0.15, -0.1) is 0 Å². The van der Waals surface area contributed by atoms with Crippen molar-refractivity contribution in [3.05, 3.63) is 0 Å². The number of likely N-dealkylation sites (N-methyl/N-ethyl adjacent to an activating group) is 1. The minimum Gasteiger partial charge on any atom is -0.309 e. The Kier molecular flexibility index (Phi) is 3.63. The highest BCUT2D eigenvalue weighted by molar-refractivity contribution is 7.99. The van der Waals surface area contributed by atoms with Gasteiger partial charge >= 0.3 is 0 Å². The Balaban J connectivity index is 1.87. The topological polar surface area (TPSA) is 15.3 Å². The summed E-state index contributed by atoms with van der Waals surface area (Å²) in [4.78, 5) is 2.43. The lowest BCUT2D eigenvalue weighted by Crippen LogP contribution is -2.51. The highest BCUT2D eigenvalue weighted by Crippen LogP contribution is 2.34. The van der Waals surface area contributed by atoms with Crippen LogP contribution in [0, 0.1) is 5.41 Å². The molecule has 2 saturated heterocycles. The zero-order valence-electron chi connectivity index (χ0n) is 10.3. The van der Waals surface area contributed by atoms with Gasteiger partial charge in [-0.05, 0) is 37.6 Å². The van der Waals surface area contributed by atoms with Crippen molar-refractivity contribution < 1.29 is 0 Å². The number of rotatable bonds is 2. The Morgan fingerprint density at radius 1 is 1.40 bits per heavy atom. The van der Waals surface area contributed by atoms with Crippen LogP contribution in [0.25, 0.3) is 0 Å². The average molecular weight is 228 g/mol. The highest BCUT2D eigenvalue weighted by Gasteiger charge is 2.34. The third-order valence-corrected chi connectivity index (χ3v) is 5.01. The molecule has 2 rings (SSSR count). The summed E-state index contributed by atoms with van der Waals surface area (Å²) >= 11 is 2.11. The van der Waals surface area contributed by atoms with Gasteiger partial charge in [0, 0.05) is 24.4 Å². The Morgan fingerprint density at radius 3 is 2.80 bits per heavy atom. The van der Waals surface area contributed by atoms with E-state index >= 15 is 0 Å². The third-order valence-electron chi connectivity index (χ3n) is 3.95. The fourth-order valence-electron chi connectivity index (χ4n) is 2.57. The molecule has 0 bridgehead atoms. The second kappa shape index (κ2) is 4.64. The van der Waals surface area contributed by atoms with Crippen molar-refractivity contribution in [2.75, 3.05) is 31.6 Å². The molecule has 2 aliphatic heterocycles. The molecule has 2 nitrogen and oxygen atoms in total.